The molecule has 0 aromatic heterocycles. The van der Waals surface area contributed by atoms with Crippen molar-refractivity contribution in [1.82, 2.24) is 10.6 Å². The van der Waals surface area contributed by atoms with Crippen LogP contribution in [-0.2, 0) is 24.2 Å². The maximum absolute atomic E-state index is 12.8. The van der Waals surface area contributed by atoms with Crippen LogP contribution in [0.3, 0.4) is 0 Å². The minimum Gasteiger partial charge on any atom is -0.496 e. The van der Waals surface area contributed by atoms with E-state index in [0.29, 0.717) is 6.54 Å². The highest BCUT2D eigenvalue weighted by molar-refractivity contribution is 5.86. The molecule has 4 rings (SSSR count). The molecule has 2 fully saturated rings. The highest BCUT2D eigenvalue weighted by Crippen LogP contribution is 2.68. The van der Waals surface area contributed by atoms with E-state index in [1.165, 1.54) is 17.5 Å². The molecule has 1 heterocycles. The van der Waals surface area contributed by atoms with Crippen molar-refractivity contribution in [2.24, 2.45) is 10.8 Å². The van der Waals surface area contributed by atoms with Gasteiger partial charge in [0.1, 0.15) is 5.75 Å². The van der Waals surface area contributed by atoms with E-state index in [0.717, 1.165) is 56.5 Å². The molecule has 4 heteroatoms. The lowest BCUT2D eigenvalue weighted by Gasteiger charge is -2.27. The molecule has 2 N–H and O–H groups in total. The van der Waals surface area contributed by atoms with Crippen molar-refractivity contribution in [1.29, 1.82) is 0 Å². The number of ether oxygens (including phenoxy) is 1. The van der Waals surface area contributed by atoms with E-state index < -0.39 is 0 Å². The number of nitrogens with one attached hydrogen (secondary N) is 2. The molecule has 24 heavy (non-hydrogen) atoms. The molecule has 4 nitrogen and oxygen atoms in total. The summed E-state index contributed by atoms with van der Waals surface area (Å²) in [4.78, 5) is 12.8. The number of carbonyl (C=O) groups is 1. The predicted octanol–water partition coefficient (Wildman–Crippen LogP) is 2.58. The number of methoxy groups -OCH3 is 1. The second-order valence-electron chi connectivity index (χ2n) is 8.01. The van der Waals surface area contributed by atoms with Gasteiger partial charge in [-0.15, -0.1) is 0 Å². The van der Waals surface area contributed by atoms with Gasteiger partial charge in [-0.25, -0.2) is 0 Å². The number of benzene rings is 1. The first kappa shape index (κ1) is 15.9. The molecule has 1 unspecified atom stereocenters. The maximum Gasteiger partial charge on any atom is 0.226 e. The third kappa shape index (κ3) is 2.43. The molecule has 1 saturated heterocycles. The molecule has 0 bridgehead atoms. The number of aryl methyl sites for hydroxylation is 2. The first-order valence-electron chi connectivity index (χ1n) is 9.26. The SMILES string of the molecule is COc1cc2c(cc1CNC(=O)C1(C)CC13CCNCC3)CCC2. The van der Waals surface area contributed by atoms with Crippen molar-refractivity contribution >= 4 is 5.91 Å². The van der Waals surface area contributed by atoms with Gasteiger partial charge in [0.05, 0.1) is 12.5 Å². The molecule has 130 valence electrons. The number of carbonyl (C=O) groups excluding carboxylic acids is 1. The minimum atomic E-state index is -0.181. The Kier molecular flexibility index (Phi) is 3.83. The van der Waals surface area contributed by atoms with Crippen LogP contribution >= 0.6 is 0 Å². The number of piperidine rings is 1. The van der Waals surface area contributed by atoms with E-state index in [4.69, 9.17) is 4.74 Å². The Hall–Kier alpha value is -1.55. The highest BCUT2D eigenvalue weighted by Gasteiger charge is 2.67. The van der Waals surface area contributed by atoms with Gasteiger partial charge in [0.2, 0.25) is 5.91 Å². The fraction of sp³-hybridized carbons (Fsp3) is 0.650. The summed E-state index contributed by atoms with van der Waals surface area (Å²) in [5.41, 5.74) is 4.00. The molecule has 1 spiro atoms. The fourth-order valence-corrected chi connectivity index (χ4v) is 4.94. The molecule has 1 amide bonds. The van der Waals surface area contributed by atoms with Crippen molar-refractivity contribution < 1.29 is 9.53 Å². The van der Waals surface area contributed by atoms with Crippen LogP contribution in [0.15, 0.2) is 12.1 Å². The van der Waals surface area contributed by atoms with Gasteiger partial charge in [-0.2, -0.15) is 0 Å². The molecule has 0 radical (unpaired) electrons. The van der Waals surface area contributed by atoms with Gasteiger partial charge < -0.3 is 15.4 Å². The highest BCUT2D eigenvalue weighted by atomic mass is 16.5. The topological polar surface area (TPSA) is 50.4 Å². The molecule has 1 saturated carbocycles. The van der Waals surface area contributed by atoms with Crippen LogP contribution < -0.4 is 15.4 Å². The zero-order valence-corrected chi connectivity index (χ0v) is 14.8. The molecular weight excluding hydrogens is 300 g/mol. The van der Waals surface area contributed by atoms with Crippen molar-refractivity contribution in [3.05, 3.63) is 28.8 Å². The zero-order valence-electron chi connectivity index (χ0n) is 14.8. The smallest absolute Gasteiger partial charge is 0.226 e. The Balaban J connectivity index is 1.45. The third-order valence-corrected chi connectivity index (χ3v) is 6.73. The molecule has 1 aromatic rings. The Morgan fingerprint density at radius 1 is 1.25 bits per heavy atom. The fourth-order valence-electron chi connectivity index (χ4n) is 4.94. The summed E-state index contributed by atoms with van der Waals surface area (Å²) >= 11 is 0. The molecule has 2 aliphatic carbocycles. The van der Waals surface area contributed by atoms with Gasteiger partial charge in [-0.1, -0.05) is 13.0 Å². The summed E-state index contributed by atoms with van der Waals surface area (Å²) in [5.74, 6) is 1.13. The van der Waals surface area contributed by atoms with Crippen LogP contribution in [0, 0.1) is 10.8 Å². The van der Waals surface area contributed by atoms with Crippen LogP contribution in [0.1, 0.15) is 49.3 Å². The largest absolute Gasteiger partial charge is 0.496 e. The average Bonchev–Trinajstić information content (AvgIpc) is 2.96. The molecule has 1 aromatic carbocycles. The van der Waals surface area contributed by atoms with E-state index in [-0.39, 0.29) is 16.7 Å². The monoisotopic (exact) mass is 328 g/mol. The maximum atomic E-state index is 12.8. The zero-order chi connectivity index (χ0) is 16.8. The molecular formula is C20H28N2O2. The summed E-state index contributed by atoms with van der Waals surface area (Å²) in [6.07, 6.45) is 6.80. The van der Waals surface area contributed by atoms with E-state index in [1.807, 2.05) is 0 Å². The normalized spacial score (nSPS) is 26.9. The quantitative estimate of drug-likeness (QED) is 0.893. The van der Waals surface area contributed by atoms with Crippen LogP contribution in [0.5, 0.6) is 5.75 Å². The van der Waals surface area contributed by atoms with Gasteiger partial charge in [-0.3, -0.25) is 4.79 Å². The number of hydrogen-bond donors (Lipinski definition) is 2. The lowest BCUT2D eigenvalue weighted by atomic mass is 9.85. The summed E-state index contributed by atoms with van der Waals surface area (Å²) < 4.78 is 5.55. The van der Waals surface area contributed by atoms with E-state index >= 15 is 0 Å². The molecule has 1 atom stereocenters. The van der Waals surface area contributed by atoms with Crippen LogP contribution in [0.2, 0.25) is 0 Å². The number of amides is 1. The van der Waals surface area contributed by atoms with Gasteiger partial charge in [0.25, 0.3) is 0 Å². The van der Waals surface area contributed by atoms with E-state index in [1.54, 1.807) is 7.11 Å². The van der Waals surface area contributed by atoms with E-state index in [2.05, 4.69) is 29.7 Å². The Morgan fingerprint density at radius 3 is 2.67 bits per heavy atom. The summed E-state index contributed by atoms with van der Waals surface area (Å²) in [6, 6.07) is 4.40. The Labute approximate surface area is 144 Å². The summed E-state index contributed by atoms with van der Waals surface area (Å²) in [5, 5.41) is 6.61. The second kappa shape index (κ2) is 5.76. The summed E-state index contributed by atoms with van der Waals surface area (Å²) in [7, 11) is 1.72. The Bertz CT molecular complexity index is 664. The summed E-state index contributed by atoms with van der Waals surface area (Å²) in [6.45, 7) is 4.80. The minimum absolute atomic E-state index is 0.181. The van der Waals surface area contributed by atoms with E-state index in [9.17, 15) is 4.79 Å². The van der Waals surface area contributed by atoms with Gasteiger partial charge in [0, 0.05) is 12.1 Å². The third-order valence-electron chi connectivity index (χ3n) is 6.73. The molecule has 1 aliphatic heterocycles. The first-order valence-corrected chi connectivity index (χ1v) is 9.26. The second-order valence-corrected chi connectivity index (χ2v) is 8.01. The van der Waals surface area contributed by atoms with Crippen LogP contribution in [-0.4, -0.2) is 26.1 Å². The molecule has 3 aliphatic rings. The lowest BCUT2D eigenvalue weighted by molar-refractivity contribution is -0.127. The van der Waals surface area contributed by atoms with Gasteiger partial charge in [-0.05, 0) is 74.2 Å². The average molecular weight is 328 g/mol. The number of rotatable bonds is 4. The Morgan fingerprint density at radius 2 is 1.96 bits per heavy atom. The van der Waals surface area contributed by atoms with Crippen LogP contribution in [0.25, 0.3) is 0 Å². The lowest BCUT2D eigenvalue weighted by Crippen LogP contribution is -2.38. The first-order chi connectivity index (χ1) is 11.6. The van der Waals surface area contributed by atoms with Gasteiger partial charge >= 0.3 is 0 Å². The predicted molar refractivity (Wildman–Crippen MR) is 94.1 cm³/mol. The van der Waals surface area contributed by atoms with Crippen molar-refractivity contribution in [2.45, 2.75) is 52.0 Å². The van der Waals surface area contributed by atoms with Crippen molar-refractivity contribution in [2.75, 3.05) is 20.2 Å². The number of hydrogen-bond acceptors (Lipinski definition) is 3. The number of fused-ring (bicyclic) bond motifs is 1. The van der Waals surface area contributed by atoms with Crippen LogP contribution in [0.4, 0.5) is 0 Å². The van der Waals surface area contributed by atoms with Crippen molar-refractivity contribution in [3.63, 3.8) is 0 Å². The van der Waals surface area contributed by atoms with Crippen molar-refractivity contribution in [3.8, 4) is 5.75 Å². The van der Waals surface area contributed by atoms with Gasteiger partial charge in [0.15, 0.2) is 0 Å². The standard InChI is InChI=1S/C20H28N2O2/c1-19(13-20(19)6-8-21-9-7-20)18(23)22-12-16-10-14-4-3-5-15(14)11-17(16)24-2/h10-11,21H,3-9,12-13H2,1-2H3,(H,22,23).